The molecule has 1 amide bonds. The van der Waals surface area contributed by atoms with E-state index in [0.717, 1.165) is 15.8 Å². The highest BCUT2D eigenvalue weighted by Crippen LogP contribution is 2.24. The Morgan fingerprint density at radius 3 is 2.85 bits per heavy atom. The molecule has 0 fully saturated rings. The monoisotopic (exact) mass is 334 g/mol. The Labute approximate surface area is 126 Å². The lowest BCUT2D eigenvalue weighted by Crippen LogP contribution is -2.26. The Balaban J connectivity index is 2.17. The first-order valence-corrected chi connectivity index (χ1v) is 6.89. The number of carbonyl (C=O) groups is 1. The Bertz CT molecular complexity index is 602. The summed E-state index contributed by atoms with van der Waals surface area (Å²) in [6, 6.07) is 9.24. The highest BCUT2D eigenvalue weighted by Gasteiger charge is 2.14. The molecule has 0 N–H and O–H groups in total. The predicted molar refractivity (Wildman–Crippen MR) is 80.7 cm³/mol. The largest absolute Gasteiger partial charge is 0.496 e. The first kappa shape index (κ1) is 14.5. The second-order valence-electron chi connectivity index (χ2n) is 4.36. The van der Waals surface area contributed by atoms with Gasteiger partial charge in [-0.15, -0.1) is 0 Å². The molecule has 0 saturated heterocycles. The van der Waals surface area contributed by atoms with Crippen LogP contribution < -0.4 is 4.74 Å². The molecule has 104 valence electrons. The molecule has 1 aromatic heterocycles. The van der Waals surface area contributed by atoms with Gasteiger partial charge >= 0.3 is 0 Å². The van der Waals surface area contributed by atoms with Gasteiger partial charge in [-0.1, -0.05) is 15.9 Å². The average molecular weight is 335 g/mol. The minimum absolute atomic E-state index is 0.0693. The SMILES string of the molecule is COc1ccc(Br)cc1CN(C)C(=O)c1cccnc1. The topological polar surface area (TPSA) is 42.4 Å². The third kappa shape index (κ3) is 3.36. The number of methoxy groups -OCH3 is 1. The molecular formula is C15H15BrN2O2. The van der Waals surface area contributed by atoms with Crippen molar-refractivity contribution in [3.8, 4) is 5.75 Å². The van der Waals surface area contributed by atoms with Crippen LogP contribution in [0.3, 0.4) is 0 Å². The molecule has 0 aliphatic heterocycles. The lowest BCUT2D eigenvalue weighted by Gasteiger charge is -2.19. The highest BCUT2D eigenvalue weighted by molar-refractivity contribution is 9.10. The summed E-state index contributed by atoms with van der Waals surface area (Å²) >= 11 is 3.43. The van der Waals surface area contributed by atoms with E-state index in [1.807, 2.05) is 18.2 Å². The number of hydrogen-bond donors (Lipinski definition) is 0. The number of ether oxygens (including phenoxy) is 1. The normalized spacial score (nSPS) is 10.2. The van der Waals surface area contributed by atoms with E-state index < -0.39 is 0 Å². The summed E-state index contributed by atoms with van der Waals surface area (Å²) in [4.78, 5) is 17.9. The molecule has 1 aromatic carbocycles. The van der Waals surface area contributed by atoms with Crippen LogP contribution in [0.1, 0.15) is 15.9 Å². The maximum Gasteiger partial charge on any atom is 0.255 e. The van der Waals surface area contributed by atoms with Crippen molar-refractivity contribution in [2.45, 2.75) is 6.54 Å². The minimum atomic E-state index is -0.0693. The molecule has 0 aliphatic carbocycles. The smallest absolute Gasteiger partial charge is 0.255 e. The molecule has 0 bridgehead atoms. The van der Waals surface area contributed by atoms with Gasteiger partial charge in [-0.25, -0.2) is 0 Å². The lowest BCUT2D eigenvalue weighted by atomic mass is 10.1. The number of pyridine rings is 1. The van der Waals surface area contributed by atoms with Crippen molar-refractivity contribution in [3.63, 3.8) is 0 Å². The quantitative estimate of drug-likeness (QED) is 0.862. The number of rotatable bonds is 4. The van der Waals surface area contributed by atoms with Gasteiger partial charge in [0.2, 0.25) is 0 Å². The molecule has 0 atom stereocenters. The lowest BCUT2D eigenvalue weighted by molar-refractivity contribution is 0.0784. The molecule has 1 heterocycles. The van der Waals surface area contributed by atoms with Crippen molar-refractivity contribution < 1.29 is 9.53 Å². The van der Waals surface area contributed by atoms with Gasteiger partial charge in [-0.05, 0) is 30.3 Å². The van der Waals surface area contributed by atoms with Gasteiger partial charge in [0.1, 0.15) is 5.75 Å². The molecule has 0 unspecified atom stereocenters. The van der Waals surface area contributed by atoms with E-state index in [4.69, 9.17) is 4.74 Å². The van der Waals surface area contributed by atoms with Gasteiger partial charge in [-0.3, -0.25) is 9.78 Å². The first-order chi connectivity index (χ1) is 9.61. The fourth-order valence-corrected chi connectivity index (χ4v) is 2.32. The van der Waals surface area contributed by atoms with Crippen LogP contribution in [0.4, 0.5) is 0 Å². The number of hydrogen-bond acceptors (Lipinski definition) is 3. The zero-order valence-electron chi connectivity index (χ0n) is 11.3. The number of benzene rings is 1. The zero-order chi connectivity index (χ0) is 14.5. The molecule has 0 saturated carbocycles. The summed E-state index contributed by atoms with van der Waals surface area (Å²) in [7, 11) is 3.38. The van der Waals surface area contributed by atoms with Crippen molar-refractivity contribution in [2.75, 3.05) is 14.2 Å². The Morgan fingerprint density at radius 1 is 1.40 bits per heavy atom. The van der Waals surface area contributed by atoms with E-state index in [1.165, 1.54) is 0 Å². The molecule has 0 aliphatic rings. The van der Waals surface area contributed by atoms with E-state index in [0.29, 0.717) is 12.1 Å². The Morgan fingerprint density at radius 2 is 2.20 bits per heavy atom. The zero-order valence-corrected chi connectivity index (χ0v) is 12.9. The van der Waals surface area contributed by atoms with E-state index >= 15 is 0 Å². The molecule has 0 spiro atoms. The van der Waals surface area contributed by atoms with Crippen LogP contribution in [0.2, 0.25) is 0 Å². The van der Waals surface area contributed by atoms with Crippen LogP contribution in [0, 0.1) is 0 Å². The second kappa shape index (κ2) is 6.52. The summed E-state index contributed by atoms with van der Waals surface area (Å²) in [5.74, 6) is 0.694. The summed E-state index contributed by atoms with van der Waals surface area (Å²) in [6.45, 7) is 0.469. The number of halogens is 1. The molecule has 5 heteroatoms. The predicted octanol–water partition coefficient (Wildman–Crippen LogP) is 3.12. The van der Waals surface area contributed by atoms with Gasteiger partial charge in [-0.2, -0.15) is 0 Å². The van der Waals surface area contributed by atoms with Crippen LogP contribution >= 0.6 is 15.9 Å². The molecular weight excluding hydrogens is 320 g/mol. The highest BCUT2D eigenvalue weighted by atomic mass is 79.9. The van der Waals surface area contributed by atoms with Crippen LogP contribution in [0.25, 0.3) is 0 Å². The van der Waals surface area contributed by atoms with E-state index in [-0.39, 0.29) is 5.91 Å². The summed E-state index contributed by atoms with van der Waals surface area (Å²) < 4.78 is 6.27. The molecule has 20 heavy (non-hydrogen) atoms. The Hall–Kier alpha value is -1.88. The summed E-state index contributed by atoms with van der Waals surface area (Å²) in [6.07, 6.45) is 3.21. The van der Waals surface area contributed by atoms with Crippen molar-refractivity contribution in [1.82, 2.24) is 9.88 Å². The van der Waals surface area contributed by atoms with Crippen molar-refractivity contribution in [3.05, 3.63) is 58.3 Å². The second-order valence-corrected chi connectivity index (χ2v) is 5.27. The molecule has 2 aromatic rings. The fraction of sp³-hybridized carbons (Fsp3) is 0.200. The minimum Gasteiger partial charge on any atom is -0.496 e. The summed E-state index contributed by atoms with van der Waals surface area (Å²) in [5, 5.41) is 0. The Kier molecular flexibility index (Phi) is 4.74. The third-order valence-electron chi connectivity index (χ3n) is 2.91. The van der Waals surface area contributed by atoms with Gasteiger partial charge in [0.05, 0.1) is 12.7 Å². The van der Waals surface area contributed by atoms with Gasteiger partial charge in [0.25, 0.3) is 5.91 Å². The van der Waals surface area contributed by atoms with Gasteiger partial charge in [0, 0.05) is 36.0 Å². The van der Waals surface area contributed by atoms with Crippen molar-refractivity contribution >= 4 is 21.8 Å². The molecule has 2 rings (SSSR count). The average Bonchev–Trinajstić information content (AvgIpc) is 2.47. The number of amides is 1. The number of carbonyl (C=O) groups excluding carboxylic acids is 1. The van der Waals surface area contributed by atoms with Crippen LogP contribution in [0.5, 0.6) is 5.75 Å². The molecule has 4 nitrogen and oxygen atoms in total. The number of aromatic nitrogens is 1. The first-order valence-electron chi connectivity index (χ1n) is 6.09. The van der Waals surface area contributed by atoms with Crippen LogP contribution in [0.15, 0.2) is 47.2 Å². The van der Waals surface area contributed by atoms with E-state index in [1.54, 1.807) is 43.6 Å². The van der Waals surface area contributed by atoms with Gasteiger partial charge < -0.3 is 9.64 Å². The maximum atomic E-state index is 12.3. The van der Waals surface area contributed by atoms with E-state index in [9.17, 15) is 4.79 Å². The molecule has 0 radical (unpaired) electrons. The number of nitrogens with zero attached hydrogens (tertiary/aromatic N) is 2. The van der Waals surface area contributed by atoms with Crippen LogP contribution in [-0.4, -0.2) is 29.9 Å². The van der Waals surface area contributed by atoms with Crippen LogP contribution in [-0.2, 0) is 6.54 Å². The fourth-order valence-electron chi connectivity index (χ4n) is 1.91. The summed E-state index contributed by atoms with van der Waals surface area (Å²) in [5.41, 5.74) is 1.52. The standard InChI is InChI=1S/C15H15BrN2O2/c1-18(15(19)11-4-3-7-17-9-11)10-12-8-13(16)5-6-14(12)20-2/h3-9H,10H2,1-2H3. The third-order valence-corrected chi connectivity index (χ3v) is 3.40. The van der Waals surface area contributed by atoms with E-state index in [2.05, 4.69) is 20.9 Å². The van der Waals surface area contributed by atoms with Gasteiger partial charge in [0.15, 0.2) is 0 Å². The van der Waals surface area contributed by atoms with Crippen molar-refractivity contribution in [2.24, 2.45) is 0 Å². The van der Waals surface area contributed by atoms with Crippen molar-refractivity contribution in [1.29, 1.82) is 0 Å². The maximum absolute atomic E-state index is 12.3.